The number of hydrogen-bond donors (Lipinski definition) is 3. The monoisotopic (exact) mass is 286 g/mol. The van der Waals surface area contributed by atoms with Gasteiger partial charge in [-0.3, -0.25) is 14.5 Å². The van der Waals surface area contributed by atoms with E-state index in [4.69, 9.17) is 5.73 Å². The second-order valence-electron chi connectivity index (χ2n) is 4.96. The lowest BCUT2D eigenvalue weighted by Gasteiger charge is -2.10. The van der Waals surface area contributed by atoms with E-state index in [9.17, 15) is 14.4 Å². The lowest BCUT2D eigenvalue weighted by molar-refractivity contribution is -0.131. The molecule has 1 atom stereocenters. The Labute approximate surface area is 120 Å². The Bertz CT molecular complexity index is 737. The van der Waals surface area contributed by atoms with E-state index in [-0.39, 0.29) is 0 Å². The number of carbonyl (C=O) groups is 3. The molecule has 0 unspecified atom stereocenters. The van der Waals surface area contributed by atoms with Crippen LogP contribution in [0.4, 0.5) is 4.79 Å². The minimum Gasteiger partial charge on any atom is -0.368 e. The van der Waals surface area contributed by atoms with Crippen LogP contribution in [0.2, 0.25) is 0 Å². The molecule has 1 saturated heterocycles. The summed E-state index contributed by atoms with van der Waals surface area (Å²) in [5.74, 6) is -1.14. The second-order valence-corrected chi connectivity index (χ2v) is 4.96. The molecule has 1 aromatic heterocycles. The average molecular weight is 286 g/mol. The van der Waals surface area contributed by atoms with E-state index in [1.165, 1.54) is 0 Å². The molecule has 1 aliphatic rings. The molecule has 4 N–H and O–H groups in total. The zero-order valence-corrected chi connectivity index (χ0v) is 11.1. The maximum Gasteiger partial charge on any atom is 0.325 e. The molecular weight excluding hydrogens is 272 g/mol. The molecule has 4 amide bonds. The van der Waals surface area contributed by atoms with Crippen molar-refractivity contribution >= 4 is 28.7 Å². The van der Waals surface area contributed by atoms with Crippen LogP contribution in [0.1, 0.15) is 5.56 Å². The van der Waals surface area contributed by atoms with Crippen molar-refractivity contribution in [1.82, 2.24) is 15.2 Å². The molecule has 2 aromatic rings. The van der Waals surface area contributed by atoms with Crippen molar-refractivity contribution in [3.05, 3.63) is 36.0 Å². The predicted octanol–water partition coefficient (Wildman–Crippen LogP) is 0.116. The van der Waals surface area contributed by atoms with Crippen molar-refractivity contribution in [3.63, 3.8) is 0 Å². The van der Waals surface area contributed by atoms with Crippen LogP contribution in [0.15, 0.2) is 30.5 Å². The third kappa shape index (κ3) is 2.33. The summed E-state index contributed by atoms with van der Waals surface area (Å²) >= 11 is 0. The first kappa shape index (κ1) is 13.2. The molecule has 7 nitrogen and oxygen atoms in total. The normalized spacial score (nSPS) is 18.3. The number of nitrogens with one attached hydrogen (secondary N) is 2. The Morgan fingerprint density at radius 3 is 2.81 bits per heavy atom. The lowest BCUT2D eigenvalue weighted by atomic mass is 10.1. The van der Waals surface area contributed by atoms with Crippen LogP contribution in [-0.4, -0.2) is 40.3 Å². The number of aromatic amines is 1. The SMILES string of the molecule is NC(=O)CN1C(=O)N[C@@H](Cc2c[nH]c3ccccc23)C1=O. The molecule has 7 heteroatoms. The topological polar surface area (TPSA) is 108 Å². The number of H-pyrrole nitrogens is 1. The number of benzene rings is 1. The molecule has 0 spiro atoms. The molecule has 1 fully saturated rings. The van der Waals surface area contributed by atoms with Gasteiger partial charge >= 0.3 is 6.03 Å². The smallest absolute Gasteiger partial charge is 0.325 e. The molecule has 0 saturated carbocycles. The lowest BCUT2D eigenvalue weighted by Crippen LogP contribution is -2.39. The summed E-state index contributed by atoms with van der Waals surface area (Å²) in [5.41, 5.74) is 6.94. The fraction of sp³-hybridized carbons (Fsp3) is 0.214. The highest BCUT2D eigenvalue weighted by molar-refractivity contribution is 6.06. The fourth-order valence-electron chi connectivity index (χ4n) is 2.54. The van der Waals surface area contributed by atoms with Crippen molar-refractivity contribution < 1.29 is 14.4 Å². The molecular formula is C14H14N4O3. The molecule has 21 heavy (non-hydrogen) atoms. The fourth-order valence-corrected chi connectivity index (χ4v) is 2.54. The first-order chi connectivity index (χ1) is 10.1. The summed E-state index contributed by atoms with van der Waals surface area (Å²) in [5, 5.41) is 3.59. The summed E-state index contributed by atoms with van der Waals surface area (Å²) in [6.45, 7) is -0.394. The van der Waals surface area contributed by atoms with Crippen LogP contribution < -0.4 is 11.1 Å². The number of hydrogen-bond acceptors (Lipinski definition) is 3. The van der Waals surface area contributed by atoms with Gasteiger partial charge in [-0.1, -0.05) is 18.2 Å². The second kappa shape index (κ2) is 4.93. The predicted molar refractivity (Wildman–Crippen MR) is 75.2 cm³/mol. The molecule has 2 heterocycles. The zero-order chi connectivity index (χ0) is 15.0. The number of carbonyl (C=O) groups excluding carboxylic acids is 3. The van der Waals surface area contributed by atoms with Crippen molar-refractivity contribution in [3.8, 4) is 0 Å². The van der Waals surface area contributed by atoms with Crippen LogP contribution in [0.3, 0.4) is 0 Å². The van der Waals surface area contributed by atoms with Gasteiger partial charge in [-0.25, -0.2) is 4.79 Å². The number of nitrogens with zero attached hydrogens (tertiary/aromatic N) is 1. The Morgan fingerprint density at radius 1 is 1.29 bits per heavy atom. The van der Waals surface area contributed by atoms with Gasteiger partial charge in [-0.05, 0) is 11.6 Å². The van der Waals surface area contributed by atoms with Crippen molar-refractivity contribution in [2.75, 3.05) is 6.54 Å². The van der Waals surface area contributed by atoms with Crippen LogP contribution in [0, 0.1) is 0 Å². The minimum atomic E-state index is -0.716. The maximum absolute atomic E-state index is 12.1. The van der Waals surface area contributed by atoms with Crippen LogP contribution >= 0.6 is 0 Å². The summed E-state index contributed by atoms with van der Waals surface area (Å²) in [4.78, 5) is 38.7. The van der Waals surface area contributed by atoms with E-state index in [0.29, 0.717) is 6.42 Å². The first-order valence-electron chi connectivity index (χ1n) is 6.51. The number of amides is 4. The van der Waals surface area contributed by atoms with Gasteiger partial charge in [0.2, 0.25) is 5.91 Å². The largest absolute Gasteiger partial charge is 0.368 e. The van der Waals surface area contributed by atoms with Gasteiger partial charge in [0.25, 0.3) is 5.91 Å². The molecule has 1 aromatic carbocycles. The number of rotatable bonds is 4. The van der Waals surface area contributed by atoms with E-state index in [1.54, 1.807) is 0 Å². The number of primary amides is 1. The Kier molecular flexibility index (Phi) is 3.09. The van der Waals surface area contributed by atoms with Crippen molar-refractivity contribution in [1.29, 1.82) is 0 Å². The van der Waals surface area contributed by atoms with E-state index < -0.39 is 30.4 Å². The van der Waals surface area contributed by atoms with Gasteiger partial charge < -0.3 is 16.0 Å². The molecule has 3 rings (SSSR count). The first-order valence-corrected chi connectivity index (χ1v) is 6.51. The molecule has 108 valence electrons. The highest BCUT2D eigenvalue weighted by Gasteiger charge is 2.38. The number of para-hydroxylation sites is 1. The Hall–Kier alpha value is -2.83. The number of aromatic nitrogens is 1. The summed E-state index contributed by atoms with van der Waals surface area (Å²) in [6, 6.07) is 6.46. The minimum absolute atomic E-state index is 0.365. The number of imide groups is 1. The Morgan fingerprint density at radius 2 is 2.05 bits per heavy atom. The van der Waals surface area contributed by atoms with Crippen LogP contribution in [0.5, 0.6) is 0 Å². The van der Waals surface area contributed by atoms with Crippen LogP contribution in [-0.2, 0) is 16.0 Å². The van der Waals surface area contributed by atoms with E-state index in [2.05, 4.69) is 10.3 Å². The van der Waals surface area contributed by atoms with E-state index in [0.717, 1.165) is 21.4 Å². The van der Waals surface area contributed by atoms with Gasteiger partial charge in [0.1, 0.15) is 12.6 Å². The van der Waals surface area contributed by atoms with Crippen LogP contribution in [0.25, 0.3) is 10.9 Å². The van der Waals surface area contributed by atoms with Gasteiger partial charge in [0, 0.05) is 23.5 Å². The summed E-state index contributed by atoms with van der Waals surface area (Å²) in [6.07, 6.45) is 2.19. The molecule has 1 aliphatic heterocycles. The summed E-state index contributed by atoms with van der Waals surface area (Å²) < 4.78 is 0. The quantitative estimate of drug-likeness (QED) is 0.694. The van der Waals surface area contributed by atoms with Gasteiger partial charge in [-0.15, -0.1) is 0 Å². The van der Waals surface area contributed by atoms with Crippen molar-refractivity contribution in [2.45, 2.75) is 12.5 Å². The number of urea groups is 1. The zero-order valence-electron chi connectivity index (χ0n) is 11.1. The van der Waals surface area contributed by atoms with E-state index >= 15 is 0 Å². The van der Waals surface area contributed by atoms with E-state index in [1.807, 2.05) is 30.5 Å². The van der Waals surface area contributed by atoms with Gasteiger partial charge in [0.05, 0.1) is 0 Å². The highest BCUT2D eigenvalue weighted by Crippen LogP contribution is 2.20. The van der Waals surface area contributed by atoms with Gasteiger partial charge in [-0.2, -0.15) is 0 Å². The molecule has 0 radical (unpaired) electrons. The number of nitrogens with two attached hydrogens (primary N) is 1. The average Bonchev–Trinajstić information content (AvgIpc) is 2.96. The third-order valence-corrected chi connectivity index (χ3v) is 3.52. The van der Waals surface area contributed by atoms with Crippen molar-refractivity contribution in [2.24, 2.45) is 5.73 Å². The molecule has 0 bridgehead atoms. The maximum atomic E-state index is 12.1. The van der Waals surface area contributed by atoms with Gasteiger partial charge in [0.15, 0.2) is 0 Å². The standard InChI is InChI=1S/C14H14N4O3/c15-12(19)7-18-13(20)11(17-14(18)21)5-8-6-16-10-4-2-1-3-9(8)10/h1-4,6,11,16H,5,7H2,(H2,15,19)(H,17,21)/t11-/m0/s1. The summed E-state index contributed by atoms with van der Waals surface area (Å²) in [7, 11) is 0. The Balaban J connectivity index is 1.81. The third-order valence-electron chi connectivity index (χ3n) is 3.52. The highest BCUT2D eigenvalue weighted by atomic mass is 16.2. The number of fused-ring (bicyclic) bond motifs is 1. The molecule has 0 aliphatic carbocycles.